The second-order valence-electron chi connectivity index (χ2n) is 5.01. The predicted molar refractivity (Wildman–Crippen MR) is 51.9 cm³/mol. The van der Waals surface area contributed by atoms with Gasteiger partial charge in [-0.25, -0.2) is 0 Å². The molecule has 1 atom stereocenters. The first-order valence-electron chi connectivity index (χ1n) is 4.80. The minimum absolute atomic E-state index is 0.0256. The van der Waals surface area contributed by atoms with Crippen molar-refractivity contribution < 1.29 is 9.94 Å². The van der Waals surface area contributed by atoms with Crippen molar-refractivity contribution in [2.24, 2.45) is 10.8 Å². The highest BCUT2D eigenvalue weighted by Gasteiger charge is 2.58. The van der Waals surface area contributed by atoms with Gasteiger partial charge in [0, 0.05) is 12.5 Å². The molecule has 3 heteroatoms. The summed E-state index contributed by atoms with van der Waals surface area (Å²) in [5.41, 5.74) is 0.164. The van der Waals surface area contributed by atoms with Crippen molar-refractivity contribution >= 4 is 0 Å². The fraction of sp³-hybridized carbons (Fsp3) is 1.00. The monoisotopic (exact) mass is 187 g/mol. The second-order valence-corrected chi connectivity index (χ2v) is 5.01. The van der Waals surface area contributed by atoms with Crippen LogP contribution < -0.4 is 0 Å². The van der Waals surface area contributed by atoms with Crippen LogP contribution in [0.3, 0.4) is 0 Å². The smallest absolute Gasteiger partial charge is 0.135 e. The second kappa shape index (κ2) is 3.23. The number of hydrogen-bond donors (Lipinski definition) is 1. The van der Waals surface area contributed by atoms with Crippen molar-refractivity contribution in [1.82, 2.24) is 5.06 Å². The Morgan fingerprint density at radius 2 is 1.85 bits per heavy atom. The minimum Gasteiger partial charge on any atom is -0.376 e. The zero-order valence-corrected chi connectivity index (χ0v) is 9.29. The summed E-state index contributed by atoms with van der Waals surface area (Å²) >= 11 is 0. The Kier molecular flexibility index (Phi) is 2.72. The molecule has 0 spiro atoms. The van der Waals surface area contributed by atoms with Gasteiger partial charge in [0.15, 0.2) is 0 Å². The topological polar surface area (TPSA) is 32.7 Å². The Morgan fingerprint density at radius 1 is 1.38 bits per heavy atom. The molecule has 0 amide bonds. The Balaban J connectivity index is 2.71. The molecule has 0 heterocycles. The maximum Gasteiger partial charge on any atom is 0.135 e. The van der Waals surface area contributed by atoms with Crippen LogP contribution in [0.1, 0.15) is 33.6 Å². The molecule has 1 N–H and O–H groups in total. The normalized spacial score (nSPS) is 23.3. The molecule has 1 aliphatic carbocycles. The molecule has 0 aromatic heterocycles. The third kappa shape index (κ3) is 1.73. The lowest BCUT2D eigenvalue weighted by molar-refractivity contribution is -0.238. The Morgan fingerprint density at radius 3 is 2.08 bits per heavy atom. The minimum atomic E-state index is -0.488. The summed E-state index contributed by atoms with van der Waals surface area (Å²) in [7, 11) is 3.36. The van der Waals surface area contributed by atoms with Gasteiger partial charge in [-0.15, -0.1) is 0 Å². The fourth-order valence-corrected chi connectivity index (χ4v) is 1.98. The van der Waals surface area contributed by atoms with Gasteiger partial charge in [0.25, 0.3) is 0 Å². The number of rotatable bonds is 3. The summed E-state index contributed by atoms with van der Waals surface area (Å²) in [5.74, 6) is 0. The van der Waals surface area contributed by atoms with Crippen LogP contribution in [-0.4, -0.2) is 30.6 Å². The van der Waals surface area contributed by atoms with Crippen LogP contribution in [0.2, 0.25) is 0 Å². The Hall–Kier alpha value is -0.120. The predicted octanol–water partition coefficient (Wildman–Crippen LogP) is 1.62. The van der Waals surface area contributed by atoms with Gasteiger partial charge in [-0.05, 0) is 18.3 Å². The molecule has 1 fully saturated rings. The molecular weight excluding hydrogens is 166 g/mol. The maximum atomic E-state index is 10.0. The van der Waals surface area contributed by atoms with E-state index in [4.69, 9.17) is 4.84 Å². The highest BCUT2D eigenvalue weighted by molar-refractivity contribution is 5.04. The highest BCUT2D eigenvalue weighted by Crippen LogP contribution is 2.61. The Labute approximate surface area is 80.6 Å². The zero-order chi connectivity index (χ0) is 10.3. The number of nitrogens with zero attached hydrogens (tertiary/aromatic N) is 1. The third-order valence-corrected chi connectivity index (χ3v) is 3.41. The molecule has 0 aromatic carbocycles. The van der Waals surface area contributed by atoms with Gasteiger partial charge < -0.3 is 9.94 Å². The van der Waals surface area contributed by atoms with Crippen molar-refractivity contribution in [3.05, 3.63) is 0 Å². The molecule has 0 aromatic rings. The van der Waals surface area contributed by atoms with E-state index in [-0.39, 0.29) is 10.8 Å². The summed E-state index contributed by atoms with van der Waals surface area (Å²) in [5, 5.41) is 11.6. The van der Waals surface area contributed by atoms with Crippen molar-refractivity contribution in [3.63, 3.8) is 0 Å². The van der Waals surface area contributed by atoms with Crippen LogP contribution >= 0.6 is 0 Å². The number of aliphatic hydroxyl groups is 1. The van der Waals surface area contributed by atoms with Gasteiger partial charge >= 0.3 is 0 Å². The first kappa shape index (κ1) is 11.0. The van der Waals surface area contributed by atoms with Crippen LogP contribution in [0.5, 0.6) is 0 Å². The summed E-state index contributed by atoms with van der Waals surface area (Å²) in [6.45, 7) is 6.52. The SMILES string of the molecule is CON(C)C(O)C1(C(C)(C)C)CC1. The molecule has 0 saturated heterocycles. The molecule has 13 heavy (non-hydrogen) atoms. The van der Waals surface area contributed by atoms with E-state index in [0.717, 1.165) is 12.8 Å². The lowest BCUT2D eigenvalue weighted by Crippen LogP contribution is -2.44. The van der Waals surface area contributed by atoms with Gasteiger partial charge in [-0.2, -0.15) is 5.06 Å². The van der Waals surface area contributed by atoms with Gasteiger partial charge in [0.05, 0.1) is 7.11 Å². The van der Waals surface area contributed by atoms with Crippen molar-refractivity contribution in [2.45, 2.75) is 39.8 Å². The number of hydrogen-bond acceptors (Lipinski definition) is 3. The van der Waals surface area contributed by atoms with Crippen LogP contribution in [0.25, 0.3) is 0 Å². The molecule has 3 nitrogen and oxygen atoms in total. The van der Waals surface area contributed by atoms with Crippen LogP contribution in [0.4, 0.5) is 0 Å². The molecule has 1 unspecified atom stereocenters. The standard InChI is InChI=1S/C10H21NO2/c1-9(2,3)10(6-7-10)8(12)11(4)13-5/h8,12H,6-7H2,1-5H3. The number of aliphatic hydroxyl groups excluding tert-OH is 1. The van der Waals surface area contributed by atoms with Gasteiger partial charge in [-0.1, -0.05) is 20.8 Å². The zero-order valence-electron chi connectivity index (χ0n) is 9.29. The van der Waals surface area contributed by atoms with Gasteiger partial charge in [0.2, 0.25) is 0 Å². The summed E-state index contributed by atoms with van der Waals surface area (Å²) in [6.07, 6.45) is 1.69. The largest absolute Gasteiger partial charge is 0.376 e. The van der Waals surface area contributed by atoms with E-state index in [2.05, 4.69) is 20.8 Å². The molecule has 1 aliphatic rings. The number of hydroxylamine groups is 2. The van der Waals surface area contributed by atoms with E-state index in [1.807, 2.05) is 0 Å². The van der Waals surface area contributed by atoms with E-state index in [1.54, 1.807) is 14.2 Å². The van der Waals surface area contributed by atoms with Crippen LogP contribution in [0.15, 0.2) is 0 Å². The average molecular weight is 187 g/mol. The lowest BCUT2D eigenvalue weighted by Gasteiger charge is -2.38. The average Bonchev–Trinajstić information content (AvgIpc) is 2.80. The Bertz CT molecular complexity index is 182. The highest BCUT2D eigenvalue weighted by atomic mass is 16.7. The quantitative estimate of drug-likeness (QED) is 0.538. The third-order valence-electron chi connectivity index (χ3n) is 3.41. The van der Waals surface area contributed by atoms with Crippen molar-refractivity contribution in [2.75, 3.05) is 14.2 Å². The molecule has 1 saturated carbocycles. The van der Waals surface area contributed by atoms with Gasteiger partial charge in [-0.3, -0.25) is 0 Å². The van der Waals surface area contributed by atoms with Crippen molar-refractivity contribution in [1.29, 1.82) is 0 Å². The first-order valence-corrected chi connectivity index (χ1v) is 4.80. The van der Waals surface area contributed by atoms with Gasteiger partial charge in [0.1, 0.15) is 6.23 Å². The fourth-order valence-electron chi connectivity index (χ4n) is 1.98. The maximum absolute atomic E-state index is 10.0. The molecule has 0 radical (unpaired) electrons. The summed E-state index contributed by atoms with van der Waals surface area (Å²) in [4.78, 5) is 5.02. The van der Waals surface area contributed by atoms with E-state index in [9.17, 15) is 5.11 Å². The molecule has 78 valence electrons. The van der Waals surface area contributed by atoms with E-state index >= 15 is 0 Å². The molecule has 0 bridgehead atoms. The van der Waals surface area contributed by atoms with Crippen LogP contribution in [0, 0.1) is 10.8 Å². The first-order chi connectivity index (χ1) is 5.85. The van der Waals surface area contributed by atoms with Crippen LogP contribution in [-0.2, 0) is 4.84 Å². The van der Waals surface area contributed by atoms with E-state index in [0.29, 0.717) is 0 Å². The van der Waals surface area contributed by atoms with E-state index in [1.165, 1.54) is 5.06 Å². The lowest BCUT2D eigenvalue weighted by atomic mass is 9.76. The summed E-state index contributed by atoms with van der Waals surface area (Å²) < 4.78 is 0. The van der Waals surface area contributed by atoms with Crippen molar-refractivity contribution in [3.8, 4) is 0 Å². The summed E-state index contributed by atoms with van der Waals surface area (Å²) in [6, 6.07) is 0. The van der Waals surface area contributed by atoms with E-state index < -0.39 is 6.23 Å². The molecule has 0 aliphatic heterocycles. The molecule has 1 rings (SSSR count). The molecular formula is C10H21NO2.